The number of carbonyl (C=O) groups excluding carboxylic acids is 2. The fraction of sp³-hybridized carbons (Fsp3) is 0.241. The molecule has 0 bridgehead atoms. The number of hydrogen-bond acceptors (Lipinski definition) is 8. The lowest BCUT2D eigenvalue weighted by Gasteiger charge is -2.26. The third-order valence-corrected chi connectivity index (χ3v) is 6.85. The predicted molar refractivity (Wildman–Crippen MR) is 137 cm³/mol. The van der Waals surface area contributed by atoms with Crippen LogP contribution in [0.2, 0.25) is 0 Å². The molecule has 3 aromatic rings. The Balaban J connectivity index is 1.53. The molecule has 0 radical (unpaired) electrons. The van der Waals surface area contributed by atoms with Gasteiger partial charge in [-0.05, 0) is 67.4 Å². The molecule has 3 aliphatic rings. The lowest BCUT2D eigenvalue weighted by molar-refractivity contribution is -0.132. The molecule has 1 saturated heterocycles. The van der Waals surface area contributed by atoms with Crippen LogP contribution in [-0.2, 0) is 16.0 Å². The van der Waals surface area contributed by atoms with Crippen molar-refractivity contribution in [3.63, 3.8) is 0 Å². The zero-order chi connectivity index (χ0) is 26.6. The van der Waals surface area contributed by atoms with Gasteiger partial charge < -0.3 is 29.2 Å². The van der Waals surface area contributed by atoms with E-state index in [0.717, 1.165) is 11.3 Å². The van der Waals surface area contributed by atoms with Crippen molar-refractivity contribution < 1.29 is 38.7 Å². The van der Waals surface area contributed by atoms with E-state index in [0.29, 0.717) is 41.3 Å². The number of ether oxygens (including phenoxy) is 4. The first-order valence-electron chi connectivity index (χ1n) is 12.3. The number of nitrogens with zero attached hydrogens (tertiary/aromatic N) is 1. The van der Waals surface area contributed by atoms with Crippen molar-refractivity contribution >= 4 is 23.1 Å². The highest BCUT2D eigenvalue weighted by molar-refractivity contribution is 6.51. The molecule has 0 aromatic heterocycles. The number of aliphatic hydroxyl groups is 1. The number of fused-ring (bicyclic) bond motifs is 2. The second-order valence-electron chi connectivity index (χ2n) is 9.32. The third-order valence-electron chi connectivity index (χ3n) is 6.85. The van der Waals surface area contributed by atoms with Crippen LogP contribution in [-0.4, -0.2) is 41.4 Å². The number of hydrogen-bond donors (Lipinski definition) is 2. The number of benzene rings is 3. The number of aliphatic hydroxyl groups excluding tert-OH is 1. The summed E-state index contributed by atoms with van der Waals surface area (Å²) in [7, 11) is 0. The van der Waals surface area contributed by atoms with Crippen molar-refractivity contribution in [1.82, 2.24) is 0 Å². The minimum Gasteiger partial charge on any atom is -0.507 e. The van der Waals surface area contributed by atoms with Crippen LogP contribution in [0.3, 0.4) is 0 Å². The zero-order valence-corrected chi connectivity index (χ0v) is 20.8. The molecule has 2 N–H and O–H groups in total. The number of carbonyl (C=O) groups is 2. The molecule has 0 spiro atoms. The zero-order valence-electron chi connectivity index (χ0n) is 20.8. The normalized spacial score (nSPS) is 20.9. The van der Waals surface area contributed by atoms with Crippen LogP contribution < -0.4 is 23.8 Å². The number of phenols is 1. The van der Waals surface area contributed by atoms with Gasteiger partial charge >= 0.3 is 0 Å². The van der Waals surface area contributed by atoms with E-state index in [1.165, 1.54) is 11.0 Å². The summed E-state index contributed by atoms with van der Waals surface area (Å²) in [4.78, 5) is 28.3. The summed E-state index contributed by atoms with van der Waals surface area (Å²) in [6.07, 6.45) is 0.675. The lowest BCUT2D eigenvalue weighted by atomic mass is 9.94. The number of rotatable bonds is 5. The van der Waals surface area contributed by atoms with E-state index in [4.69, 9.17) is 18.9 Å². The molecule has 3 aromatic carbocycles. The topological polar surface area (TPSA) is 115 Å². The number of ketones is 1. The highest BCUT2D eigenvalue weighted by Gasteiger charge is 2.47. The molecule has 2 atom stereocenters. The van der Waals surface area contributed by atoms with Crippen LogP contribution >= 0.6 is 0 Å². The Bertz CT molecular complexity index is 1510. The summed E-state index contributed by atoms with van der Waals surface area (Å²) in [6.45, 7) is 4.09. The van der Waals surface area contributed by atoms with E-state index in [9.17, 15) is 19.8 Å². The first-order valence-corrected chi connectivity index (χ1v) is 12.3. The molecular weight excluding hydrogens is 490 g/mol. The molecule has 194 valence electrons. The van der Waals surface area contributed by atoms with Gasteiger partial charge in [0.25, 0.3) is 11.7 Å². The number of Topliss-reactive ketones (excluding diaryl/α,β-unsaturated/α-hetero) is 1. The Hall–Kier alpha value is -4.66. The van der Waals surface area contributed by atoms with E-state index in [2.05, 4.69) is 0 Å². The summed E-state index contributed by atoms with van der Waals surface area (Å²) < 4.78 is 22.2. The molecule has 3 aliphatic heterocycles. The Kier molecular flexibility index (Phi) is 5.63. The van der Waals surface area contributed by atoms with Crippen LogP contribution in [0.25, 0.3) is 5.76 Å². The van der Waals surface area contributed by atoms with Gasteiger partial charge in [0, 0.05) is 23.7 Å². The summed E-state index contributed by atoms with van der Waals surface area (Å²) in [5.41, 5.74) is 2.10. The molecule has 6 rings (SSSR count). The average Bonchev–Trinajstić information content (AvgIpc) is 3.59. The first kappa shape index (κ1) is 23.7. The molecule has 9 heteroatoms. The van der Waals surface area contributed by atoms with E-state index in [1.807, 2.05) is 6.92 Å². The Morgan fingerprint density at radius 1 is 1.03 bits per heavy atom. The minimum atomic E-state index is -1.00. The largest absolute Gasteiger partial charge is 0.507 e. The quantitative estimate of drug-likeness (QED) is 0.291. The van der Waals surface area contributed by atoms with Crippen molar-refractivity contribution in [2.75, 3.05) is 18.3 Å². The van der Waals surface area contributed by atoms with Crippen molar-refractivity contribution in [3.05, 3.63) is 76.9 Å². The van der Waals surface area contributed by atoms with Gasteiger partial charge in [0.1, 0.15) is 17.6 Å². The van der Waals surface area contributed by atoms with E-state index in [1.54, 1.807) is 55.5 Å². The predicted octanol–water partition coefficient (Wildman–Crippen LogP) is 4.47. The average molecular weight is 516 g/mol. The van der Waals surface area contributed by atoms with Gasteiger partial charge in [-0.15, -0.1) is 0 Å². The second-order valence-corrected chi connectivity index (χ2v) is 9.32. The van der Waals surface area contributed by atoms with Gasteiger partial charge in [-0.2, -0.15) is 0 Å². The van der Waals surface area contributed by atoms with Gasteiger partial charge in [0.05, 0.1) is 18.2 Å². The maximum absolute atomic E-state index is 13.5. The summed E-state index contributed by atoms with van der Waals surface area (Å²) >= 11 is 0. The maximum atomic E-state index is 13.5. The second kappa shape index (κ2) is 9.02. The highest BCUT2D eigenvalue weighted by Crippen LogP contribution is 2.46. The van der Waals surface area contributed by atoms with Crippen LogP contribution in [0.5, 0.6) is 28.7 Å². The standard InChI is InChI=1S/C29H25NO8/c1-3-35-23-12-16(4-7-20(23)31)26-25(27(32)17-5-8-21-18(11-17)10-15(2)38-21)28(33)29(34)30(26)19-6-9-22-24(13-19)37-14-36-22/h4-9,11-13,15,26,31-32H,3,10,14H2,1-2H3/b27-25+. The van der Waals surface area contributed by atoms with Crippen molar-refractivity contribution in [1.29, 1.82) is 0 Å². The van der Waals surface area contributed by atoms with Crippen LogP contribution in [0.4, 0.5) is 5.69 Å². The molecule has 1 fully saturated rings. The van der Waals surface area contributed by atoms with Crippen molar-refractivity contribution in [2.45, 2.75) is 32.4 Å². The molecule has 38 heavy (non-hydrogen) atoms. The number of aromatic hydroxyl groups is 1. The molecule has 3 heterocycles. The van der Waals surface area contributed by atoms with Gasteiger partial charge in [-0.3, -0.25) is 14.5 Å². The molecule has 2 unspecified atom stereocenters. The number of amides is 1. The Morgan fingerprint density at radius 2 is 1.82 bits per heavy atom. The minimum absolute atomic E-state index is 0.00738. The fourth-order valence-corrected chi connectivity index (χ4v) is 5.15. The van der Waals surface area contributed by atoms with Crippen molar-refractivity contribution in [3.8, 4) is 28.7 Å². The van der Waals surface area contributed by atoms with Gasteiger partial charge in [0.2, 0.25) is 6.79 Å². The molecule has 0 saturated carbocycles. The van der Waals surface area contributed by atoms with Gasteiger partial charge in [-0.25, -0.2) is 0 Å². The SMILES string of the molecule is CCOc1cc(C2/C(=C(\O)c3ccc4c(c3)CC(C)O4)C(=O)C(=O)N2c2ccc3c(c2)OCO3)ccc1O. The van der Waals surface area contributed by atoms with Crippen LogP contribution in [0.1, 0.15) is 36.6 Å². The summed E-state index contributed by atoms with van der Waals surface area (Å²) in [5.74, 6) is -0.123. The van der Waals surface area contributed by atoms with E-state index in [-0.39, 0.29) is 35.7 Å². The van der Waals surface area contributed by atoms with Crippen LogP contribution in [0, 0.1) is 0 Å². The Labute approximate surface area is 218 Å². The number of phenolic OH excluding ortho intramolecular Hbond substituents is 1. The monoisotopic (exact) mass is 515 g/mol. The Morgan fingerprint density at radius 3 is 2.63 bits per heavy atom. The molecule has 0 aliphatic carbocycles. The molecule has 1 amide bonds. The van der Waals surface area contributed by atoms with Crippen LogP contribution in [0.15, 0.2) is 60.2 Å². The maximum Gasteiger partial charge on any atom is 0.300 e. The molecular formula is C29H25NO8. The van der Waals surface area contributed by atoms with E-state index < -0.39 is 17.7 Å². The van der Waals surface area contributed by atoms with Gasteiger partial charge in [0.15, 0.2) is 23.0 Å². The summed E-state index contributed by atoms with van der Waals surface area (Å²) in [6, 6.07) is 13.7. The highest BCUT2D eigenvalue weighted by atomic mass is 16.7. The number of anilines is 1. The van der Waals surface area contributed by atoms with Crippen molar-refractivity contribution in [2.24, 2.45) is 0 Å². The smallest absolute Gasteiger partial charge is 0.300 e. The van der Waals surface area contributed by atoms with E-state index >= 15 is 0 Å². The van der Waals surface area contributed by atoms with Gasteiger partial charge in [-0.1, -0.05) is 6.07 Å². The molecule has 9 nitrogen and oxygen atoms in total. The lowest BCUT2D eigenvalue weighted by Crippen LogP contribution is -2.29. The third kappa shape index (κ3) is 3.78. The fourth-order valence-electron chi connectivity index (χ4n) is 5.15. The summed E-state index contributed by atoms with van der Waals surface area (Å²) in [5, 5.41) is 21.8. The first-order chi connectivity index (χ1) is 18.4.